The minimum absolute atomic E-state index is 0.00784. The molecule has 0 fully saturated rings. The van der Waals surface area contributed by atoms with Gasteiger partial charge in [0.05, 0.1) is 5.52 Å². The summed E-state index contributed by atoms with van der Waals surface area (Å²) in [5, 5.41) is 19.8. The maximum Gasteiger partial charge on any atom is 0.304 e. The Bertz CT molecular complexity index is 1110. The topological polar surface area (TPSA) is 76.2 Å². The molecule has 0 bridgehead atoms. The molecule has 8 heteroatoms. The van der Waals surface area contributed by atoms with Crippen LogP contribution in [0.2, 0.25) is 5.02 Å². The highest BCUT2D eigenvalue weighted by atomic mass is 79.9. The molecule has 0 spiro atoms. The molecule has 1 atom stereocenters. The summed E-state index contributed by atoms with van der Waals surface area (Å²) in [6, 6.07) is 10.8. The summed E-state index contributed by atoms with van der Waals surface area (Å²) < 4.78 is 8.28. The van der Waals surface area contributed by atoms with Crippen LogP contribution in [0.1, 0.15) is 32.4 Å². The smallest absolute Gasteiger partial charge is 0.304 e. The Morgan fingerprint density at radius 1 is 1.21 bits per heavy atom. The number of fused-ring (bicyclic) bond motifs is 1. The number of hydrogen-bond acceptors (Lipinski definition) is 4. The molecule has 0 saturated carbocycles. The molecule has 2 aromatic carbocycles. The molecule has 0 radical (unpaired) electrons. The van der Waals surface area contributed by atoms with Gasteiger partial charge in [-0.2, -0.15) is 0 Å². The van der Waals surface area contributed by atoms with E-state index in [4.69, 9.17) is 16.3 Å². The number of aromatic hydroxyl groups is 1. The number of aromatic nitrogens is 1. The van der Waals surface area contributed by atoms with E-state index in [0.717, 1.165) is 15.6 Å². The number of halogens is 2. The lowest BCUT2D eigenvalue weighted by atomic mass is 10.2. The van der Waals surface area contributed by atoms with Gasteiger partial charge in [0, 0.05) is 20.9 Å². The SMILES string of the molecule is Cc1cc(Cl)ccc1OC(C)C(=O)N=Nc1c(O)n(C(C)C)c2ccc(Br)cc12. The summed E-state index contributed by atoms with van der Waals surface area (Å²) in [5.41, 5.74) is 1.87. The largest absolute Gasteiger partial charge is 0.493 e. The van der Waals surface area contributed by atoms with Crippen molar-refractivity contribution in [3.05, 3.63) is 51.5 Å². The van der Waals surface area contributed by atoms with Gasteiger partial charge in [-0.25, -0.2) is 0 Å². The Labute approximate surface area is 182 Å². The van der Waals surface area contributed by atoms with Crippen molar-refractivity contribution in [3.8, 4) is 11.6 Å². The molecule has 1 aromatic heterocycles. The van der Waals surface area contributed by atoms with E-state index < -0.39 is 12.0 Å². The molecular formula is C21H21BrClN3O3. The Kier molecular flexibility index (Phi) is 6.29. The van der Waals surface area contributed by atoms with Gasteiger partial charge in [-0.05, 0) is 69.7 Å². The van der Waals surface area contributed by atoms with Crippen LogP contribution in [-0.2, 0) is 4.79 Å². The number of amides is 1. The van der Waals surface area contributed by atoms with E-state index in [0.29, 0.717) is 16.2 Å². The van der Waals surface area contributed by atoms with E-state index in [9.17, 15) is 9.90 Å². The van der Waals surface area contributed by atoms with Gasteiger partial charge in [-0.3, -0.25) is 4.79 Å². The van der Waals surface area contributed by atoms with Crippen LogP contribution in [0.5, 0.6) is 11.6 Å². The molecule has 3 aromatic rings. The van der Waals surface area contributed by atoms with Crippen LogP contribution in [0, 0.1) is 6.92 Å². The van der Waals surface area contributed by atoms with Crippen molar-refractivity contribution in [1.82, 2.24) is 4.57 Å². The summed E-state index contributed by atoms with van der Waals surface area (Å²) >= 11 is 9.38. The maximum absolute atomic E-state index is 12.4. The van der Waals surface area contributed by atoms with E-state index in [1.54, 1.807) is 29.7 Å². The number of rotatable bonds is 5. The first kappa shape index (κ1) is 21.3. The van der Waals surface area contributed by atoms with Crippen LogP contribution in [0.3, 0.4) is 0 Å². The monoisotopic (exact) mass is 477 g/mol. The molecule has 0 saturated heterocycles. The summed E-state index contributed by atoms with van der Waals surface area (Å²) in [6.45, 7) is 7.36. The second kappa shape index (κ2) is 8.55. The highest BCUT2D eigenvalue weighted by Crippen LogP contribution is 2.42. The first-order valence-electron chi connectivity index (χ1n) is 9.09. The third-order valence-corrected chi connectivity index (χ3v) is 5.20. The van der Waals surface area contributed by atoms with Gasteiger partial charge in [0.2, 0.25) is 5.88 Å². The van der Waals surface area contributed by atoms with Gasteiger partial charge in [-0.1, -0.05) is 27.5 Å². The zero-order valence-corrected chi connectivity index (χ0v) is 18.8. The zero-order chi connectivity index (χ0) is 21.3. The van der Waals surface area contributed by atoms with Crippen molar-refractivity contribution in [2.45, 2.75) is 39.8 Å². The molecule has 1 amide bonds. The molecule has 1 N–H and O–H groups in total. The summed E-state index contributed by atoms with van der Waals surface area (Å²) in [4.78, 5) is 12.4. The Morgan fingerprint density at radius 3 is 2.59 bits per heavy atom. The van der Waals surface area contributed by atoms with Crippen molar-refractivity contribution in [2.75, 3.05) is 0 Å². The van der Waals surface area contributed by atoms with E-state index in [1.807, 2.05) is 39.0 Å². The number of carbonyl (C=O) groups excluding carboxylic acids is 1. The Hall–Kier alpha value is -2.38. The van der Waals surface area contributed by atoms with Crippen LogP contribution >= 0.6 is 27.5 Å². The van der Waals surface area contributed by atoms with Crippen LogP contribution in [0.25, 0.3) is 10.9 Å². The number of hydrogen-bond donors (Lipinski definition) is 1. The Morgan fingerprint density at radius 2 is 1.93 bits per heavy atom. The van der Waals surface area contributed by atoms with Crippen molar-refractivity contribution in [1.29, 1.82) is 0 Å². The van der Waals surface area contributed by atoms with E-state index in [-0.39, 0.29) is 17.6 Å². The van der Waals surface area contributed by atoms with E-state index in [1.165, 1.54) is 0 Å². The van der Waals surface area contributed by atoms with Gasteiger partial charge < -0.3 is 14.4 Å². The quantitative estimate of drug-likeness (QED) is 0.413. The lowest BCUT2D eigenvalue weighted by Crippen LogP contribution is -2.21. The highest BCUT2D eigenvalue weighted by molar-refractivity contribution is 9.10. The maximum atomic E-state index is 12.4. The Balaban J connectivity index is 1.89. The third kappa shape index (κ3) is 4.46. The second-order valence-electron chi connectivity index (χ2n) is 7.01. The van der Waals surface area contributed by atoms with Gasteiger partial charge in [0.15, 0.2) is 11.8 Å². The lowest BCUT2D eigenvalue weighted by molar-refractivity contribution is -0.124. The fraction of sp³-hybridized carbons (Fsp3) is 0.286. The number of aryl methyl sites for hydroxylation is 1. The van der Waals surface area contributed by atoms with Crippen molar-refractivity contribution >= 4 is 50.0 Å². The van der Waals surface area contributed by atoms with Gasteiger partial charge in [0.1, 0.15) is 5.75 Å². The average molecular weight is 479 g/mol. The van der Waals surface area contributed by atoms with Crippen LogP contribution < -0.4 is 4.74 Å². The molecule has 29 heavy (non-hydrogen) atoms. The predicted molar refractivity (Wildman–Crippen MR) is 117 cm³/mol. The molecule has 0 aliphatic rings. The standard InChI is InChI=1S/C21H21BrClN3O3/c1-11(2)26-17-7-5-14(22)10-16(17)19(21(26)28)24-25-20(27)13(4)29-18-8-6-15(23)9-12(18)3/h5-11,13,28H,1-4H3. The average Bonchev–Trinajstić information content (AvgIpc) is 2.92. The molecule has 0 aliphatic heterocycles. The molecular weight excluding hydrogens is 458 g/mol. The first-order chi connectivity index (χ1) is 13.7. The zero-order valence-electron chi connectivity index (χ0n) is 16.5. The van der Waals surface area contributed by atoms with Crippen molar-refractivity contribution in [2.24, 2.45) is 10.2 Å². The predicted octanol–water partition coefficient (Wildman–Crippen LogP) is 6.73. The van der Waals surface area contributed by atoms with Crippen LogP contribution in [0.15, 0.2) is 51.1 Å². The summed E-state index contributed by atoms with van der Waals surface area (Å²) in [6.07, 6.45) is -0.842. The van der Waals surface area contributed by atoms with Gasteiger partial charge in [-0.15, -0.1) is 10.2 Å². The van der Waals surface area contributed by atoms with Crippen LogP contribution in [0.4, 0.5) is 5.69 Å². The molecule has 3 rings (SSSR count). The lowest BCUT2D eigenvalue weighted by Gasteiger charge is -2.13. The highest BCUT2D eigenvalue weighted by Gasteiger charge is 2.20. The molecule has 0 aliphatic carbocycles. The number of carbonyl (C=O) groups is 1. The fourth-order valence-electron chi connectivity index (χ4n) is 3.04. The van der Waals surface area contributed by atoms with Crippen molar-refractivity contribution in [3.63, 3.8) is 0 Å². The van der Waals surface area contributed by atoms with E-state index >= 15 is 0 Å². The third-order valence-electron chi connectivity index (χ3n) is 4.47. The first-order valence-corrected chi connectivity index (χ1v) is 10.3. The summed E-state index contributed by atoms with van der Waals surface area (Å²) in [7, 11) is 0. The minimum atomic E-state index is -0.842. The van der Waals surface area contributed by atoms with E-state index in [2.05, 4.69) is 26.2 Å². The molecule has 1 heterocycles. The number of benzene rings is 2. The number of nitrogens with zero attached hydrogens (tertiary/aromatic N) is 3. The molecule has 6 nitrogen and oxygen atoms in total. The minimum Gasteiger partial charge on any atom is -0.493 e. The summed E-state index contributed by atoms with van der Waals surface area (Å²) in [5.74, 6) is -0.0420. The molecule has 1 unspecified atom stereocenters. The number of azo groups is 1. The normalized spacial score (nSPS) is 12.8. The van der Waals surface area contributed by atoms with Crippen LogP contribution in [-0.4, -0.2) is 21.7 Å². The number of ether oxygens (including phenoxy) is 1. The molecule has 152 valence electrons. The fourth-order valence-corrected chi connectivity index (χ4v) is 3.63. The second-order valence-corrected chi connectivity index (χ2v) is 8.36. The van der Waals surface area contributed by atoms with Gasteiger partial charge >= 0.3 is 5.91 Å². The van der Waals surface area contributed by atoms with Crippen molar-refractivity contribution < 1.29 is 14.6 Å². The van der Waals surface area contributed by atoms with Gasteiger partial charge in [0.25, 0.3) is 0 Å².